The second-order valence-electron chi connectivity index (χ2n) is 6.51. The number of hydrogen-bond donors (Lipinski definition) is 1. The van der Waals surface area contributed by atoms with E-state index in [0.717, 1.165) is 16.7 Å². The number of benzene rings is 2. The minimum atomic E-state index is -1.02. The van der Waals surface area contributed by atoms with Crippen molar-refractivity contribution < 1.29 is 23.9 Å². The number of aromatic carboxylic acids is 1. The van der Waals surface area contributed by atoms with Crippen molar-refractivity contribution in [2.75, 3.05) is 0 Å². The highest BCUT2D eigenvalue weighted by molar-refractivity contribution is 8.18. The van der Waals surface area contributed by atoms with E-state index in [1.165, 1.54) is 24.3 Å². The maximum absolute atomic E-state index is 13.9. The van der Waals surface area contributed by atoms with Gasteiger partial charge in [-0.25, -0.2) is 9.18 Å². The Morgan fingerprint density at radius 3 is 2.47 bits per heavy atom. The third-order valence-electron chi connectivity index (χ3n) is 4.61. The van der Waals surface area contributed by atoms with Gasteiger partial charge in [0.2, 0.25) is 0 Å². The van der Waals surface area contributed by atoms with E-state index in [-0.39, 0.29) is 22.6 Å². The quantitative estimate of drug-likeness (QED) is 0.610. The summed E-state index contributed by atoms with van der Waals surface area (Å²) in [6.07, 6.45) is 3.36. The molecule has 1 aliphatic heterocycles. The van der Waals surface area contributed by atoms with Crippen LogP contribution in [0.4, 0.5) is 9.18 Å². The van der Waals surface area contributed by atoms with E-state index in [1.807, 2.05) is 0 Å². The Morgan fingerprint density at radius 1 is 1.03 bits per heavy atom. The minimum absolute atomic E-state index is 0.133. The van der Waals surface area contributed by atoms with Gasteiger partial charge in [-0.1, -0.05) is 18.2 Å². The Labute approximate surface area is 175 Å². The van der Waals surface area contributed by atoms with Gasteiger partial charge in [-0.3, -0.25) is 14.5 Å². The molecule has 0 atom stereocenters. The third-order valence-corrected chi connectivity index (χ3v) is 5.52. The van der Waals surface area contributed by atoms with Crippen LogP contribution in [-0.4, -0.2) is 31.7 Å². The van der Waals surface area contributed by atoms with E-state index in [2.05, 4.69) is 0 Å². The van der Waals surface area contributed by atoms with Crippen molar-refractivity contribution in [1.29, 1.82) is 0 Å². The summed E-state index contributed by atoms with van der Waals surface area (Å²) in [4.78, 5) is 37.4. The fourth-order valence-corrected chi connectivity index (χ4v) is 3.90. The monoisotopic (exact) mass is 422 g/mol. The van der Waals surface area contributed by atoms with Crippen molar-refractivity contribution >= 4 is 35.0 Å². The van der Waals surface area contributed by atoms with Crippen LogP contribution in [0, 0.1) is 5.82 Å². The summed E-state index contributed by atoms with van der Waals surface area (Å²) in [5, 5.41) is 8.58. The third kappa shape index (κ3) is 3.77. The van der Waals surface area contributed by atoms with Crippen LogP contribution in [0.5, 0.6) is 0 Å². The second-order valence-corrected chi connectivity index (χ2v) is 7.51. The lowest BCUT2D eigenvalue weighted by atomic mass is 10.2. The zero-order chi connectivity index (χ0) is 21.3. The van der Waals surface area contributed by atoms with Crippen molar-refractivity contribution in [2.24, 2.45) is 0 Å². The van der Waals surface area contributed by atoms with Crippen LogP contribution in [-0.2, 0) is 11.3 Å². The maximum atomic E-state index is 13.9. The van der Waals surface area contributed by atoms with Gasteiger partial charge in [0.05, 0.1) is 17.0 Å². The van der Waals surface area contributed by atoms with Gasteiger partial charge in [0.25, 0.3) is 11.1 Å². The molecule has 0 saturated carbocycles. The number of carboxylic acid groups (broad SMARTS) is 1. The topological polar surface area (TPSA) is 79.6 Å². The molecule has 1 N–H and O–H groups in total. The molecule has 4 rings (SSSR count). The summed E-state index contributed by atoms with van der Waals surface area (Å²) in [7, 11) is 0. The lowest BCUT2D eigenvalue weighted by Gasteiger charge is -2.13. The minimum Gasteiger partial charge on any atom is -0.478 e. The second kappa shape index (κ2) is 8.00. The van der Waals surface area contributed by atoms with Crippen molar-refractivity contribution in [3.63, 3.8) is 0 Å². The number of rotatable bonds is 5. The number of carbonyl (C=O) groups is 3. The van der Waals surface area contributed by atoms with E-state index in [0.29, 0.717) is 11.4 Å². The van der Waals surface area contributed by atoms with Gasteiger partial charge in [0.15, 0.2) is 0 Å². The standard InChI is InChI=1S/C22H15FN2O4S/c23-18-6-2-1-4-15(18)13-25-20(26)19(30-22(25)29)12-17-5-3-11-24(17)16-9-7-14(8-10-16)21(27)28/h1-12H,13H2,(H,27,28)/b19-12-. The smallest absolute Gasteiger partial charge is 0.335 e. The lowest BCUT2D eigenvalue weighted by molar-refractivity contribution is -0.123. The van der Waals surface area contributed by atoms with Gasteiger partial charge >= 0.3 is 5.97 Å². The van der Waals surface area contributed by atoms with Crippen molar-refractivity contribution in [2.45, 2.75) is 6.54 Å². The van der Waals surface area contributed by atoms with E-state index >= 15 is 0 Å². The number of thioether (sulfide) groups is 1. The number of imide groups is 1. The van der Waals surface area contributed by atoms with E-state index in [9.17, 15) is 18.8 Å². The van der Waals surface area contributed by atoms with Gasteiger partial charge in [-0.15, -0.1) is 0 Å². The maximum Gasteiger partial charge on any atom is 0.335 e. The predicted octanol–water partition coefficient (Wildman–Crippen LogP) is 4.55. The molecular formula is C22H15FN2O4S. The van der Waals surface area contributed by atoms with Crippen LogP contribution in [0.15, 0.2) is 71.8 Å². The van der Waals surface area contributed by atoms with Crippen molar-refractivity contribution in [3.8, 4) is 5.69 Å². The van der Waals surface area contributed by atoms with E-state index < -0.39 is 22.9 Å². The van der Waals surface area contributed by atoms with Crippen LogP contribution < -0.4 is 0 Å². The zero-order valence-corrected chi connectivity index (χ0v) is 16.3. The average Bonchev–Trinajstić information content (AvgIpc) is 3.30. The first-order valence-electron chi connectivity index (χ1n) is 8.94. The van der Waals surface area contributed by atoms with Gasteiger partial charge < -0.3 is 9.67 Å². The molecule has 30 heavy (non-hydrogen) atoms. The Hall–Kier alpha value is -3.65. The fraction of sp³-hybridized carbons (Fsp3) is 0.0455. The molecule has 0 radical (unpaired) electrons. The molecule has 0 aliphatic carbocycles. The number of amides is 2. The number of carboxylic acids is 1. The largest absolute Gasteiger partial charge is 0.478 e. The number of halogens is 1. The van der Waals surface area contributed by atoms with E-state index in [4.69, 9.17) is 5.11 Å². The number of carbonyl (C=O) groups excluding carboxylic acids is 2. The molecular weight excluding hydrogens is 407 g/mol. The average molecular weight is 422 g/mol. The molecule has 0 spiro atoms. The predicted molar refractivity (Wildman–Crippen MR) is 111 cm³/mol. The molecule has 8 heteroatoms. The molecule has 6 nitrogen and oxygen atoms in total. The summed E-state index contributed by atoms with van der Waals surface area (Å²) in [5.41, 5.74) is 1.79. The van der Waals surface area contributed by atoms with Gasteiger partial charge in [0, 0.05) is 23.1 Å². The number of nitrogens with zero attached hydrogens (tertiary/aromatic N) is 2. The molecule has 1 saturated heterocycles. The number of aromatic nitrogens is 1. The zero-order valence-electron chi connectivity index (χ0n) is 15.5. The molecule has 1 fully saturated rings. The highest BCUT2D eigenvalue weighted by Gasteiger charge is 2.35. The Balaban J connectivity index is 1.60. The van der Waals surface area contributed by atoms with Crippen molar-refractivity contribution in [1.82, 2.24) is 9.47 Å². The van der Waals surface area contributed by atoms with Gasteiger partial charge in [-0.2, -0.15) is 0 Å². The fourth-order valence-electron chi connectivity index (χ4n) is 3.08. The Bertz CT molecular complexity index is 1180. The highest BCUT2D eigenvalue weighted by Crippen LogP contribution is 2.34. The molecule has 2 heterocycles. The highest BCUT2D eigenvalue weighted by atomic mass is 32.2. The summed E-state index contributed by atoms with van der Waals surface area (Å²) >= 11 is 0.800. The van der Waals surface area contributed by atoms with Crippen LogP contribution >= 0.6 is 11.8 Å². The molecule has 2 amide bonds. The van der Waals surface area contributed by atoms with E-state index in [1.54, 1.807) is 53.2 Å². The lowest BCUT2D eigenvalue weighted by Crippen LogP contribution is -2.27. The molecule has 3 aromatic rings. The van der Waals surface area contributed by atoms with Gasteiger partial charge in [0.1, 0.15) is 5.82 Å². The summed E-state index contributed by atoms with van der Waals surface area (Å²) < 4.78 is 15.7. The Morgan fingerprint density at radius 2 is 1.77 bits per heavy atom. The Kier molecular flexibility index (Phi) is 5.24. The SMILES string of the molecule is O=C(O)c1ccc(-n2cccc2/C=C2\SC(=O)N(Cc3ccccc3F)C2=O)cc1. The molecule has 1 aromatic heterocycles. The van der Waals surface area contributed by atoms with Crippen LogP contribution in [0.25, 0.3) is 11.8 Å². The first-order valence-corrected chi connectivity index (χ1v) is 9.75. The van der Waals surface area contributed by atoms with Gasteiger partial charge in [-0.05, 0) is 60.3 Å². The van der Waals surface area contributed by atoms with Crippen LogP contribution in [0.2, 0.25) is 0 Å². The summed E-state index contributed by atoms with van der Waals surface area (Å²) in [5.74, 6) is -1.97. The molecule has 0 unspecified atom stereocenters. The summed E-state index contributed by atoms with van der Waals surface area (Å²) in [6.45, 7) is -0.133. The molecule has 150 valence electrons. The van der Waals surface area contributed by atoms with Crippen LogP contribution in [0.3, 0.4) is 0 Å². The van der Waals surface area contributed by atoms with Crippen molar-refractivity contribution in [3.05, 3.63) is 94.4 Å². The molecule has 0 bridgehead atoms. The molecule has 2 aromatic carbocycles. The first-order chi connectivity index (χ1) is 14.4. The summed E-state index contributed by atoms with van der Waals surface area (Å²) in [6, 6.07) is 15.9. The molecule has 1 aliphatic rings. The normalized spacial score (nSPS) is 15.2. The first kappa shape index (κ1) is 19.7. The number of hydrogen-bond acceptors (Lipinski definition) is 4. The van der Waals surface area contributed by atoms with Crippen LogP contribution in [0.1, 0.15) is 21.6 Å².